The molecule has 0 unspecified atom stereocenters. The second kappa shape index (κ2) is 40.7. The molecule has 0 atom stereocenters. The molecule has 654 valence electrons. The number of nitrogens with zero attached hydrogens (tertiary/aromatic N) is 21. The third kappa shape index (κ3) is 21.6. The van der Waals surface area contributed by atoms with Crippen LogP contribution in [-0.2, 0) is 112 Å². The predicted octanol–water partition coefficient (Wildman–Crippen LogP) is 17.9. The minimum absolute atomic E-state index is 0. The normalized spacial score (nSPS) is 11.4. The van der Waals surface area contributed by atoms with E-state index in [0.29, 0.717) is 45.6 Å². The van der Waals surface area contributed by atoms with Gasteiger partial charge in [-0.25, -0.2) is 43.9 Å². The van der Waals surface area contributed by atoms with E-state index < -0.39 is 104 Å². The summed E-state index contributed by atoms with van der Waals surface area (Å²) in [7, 11) is 0. The van der Waals surface area contributed by atoms with Crippen LogP contribution in [0, 0.1) is 116 Å². The molecule has 0 N–H and O–H groups in total. The second-order valence-electron chi connectivity index (χ2n) is 29.5. The Morgan fingerprint density at radius 1 is 0.315 bits per heavy atom. The quantitative estimate of drug-likeness (QED) is 0.0493. The summed E-state index contributed by atoms with van der Waals surface area (Å²) in [6.07, 6.45) is -3.29. The van der Waals surface area contributed by atoms with Crippen molar-refractivity contribution in [3.05, 3.63) is 333 Å². The fraction of sp³-hybridized carbons (Fsp3) is 0.180. The van der Waals surface area contributed by atoms with Crippen LogP contribution in [0.1, 0.15) is 129 Å². The number of nitriles is 1. The summed E-state index contributed by atoms with van der Waals surface area (Å²) in [5, 5.41) is 38.8. The number of rotatable bonds is 16. The van der Waals surface area contributed by atoms with Crippen molar-refractivity contribution in [1.29, 1.82) is 5.26 Å². The Balaban J connectivity index is 0.000000190. The Bertz CT molecular complexity index is 6670. The number of aryl methyl sites for hydroxylation is 2. The number of alkyl halides is 3. The van der Waals surface area contributed by atoms with Gasteiger partial charge in [-0.2, -0.15) is 18.4 Å². The van der Waals surface area contributed by atoms with Crippen LogP contribution in [-0.4, -0.2) is 80.2 Å². The number of hydrogen-bond donors (Lipinski definition) is 0. The summed E-state index contributed by atoms with van der Waals surface area (Å²) in [5.41, 5.74) is 5.73. The van der Waals surface area contributed by atoms with Crippen molar-refractivity contribution in [2.45, 2.75) is 104 Å². The van der Waals surface area contributed by atoms with Gasteiger partial charge in [-0.1, -0.05) is 142 Å². The van der Waals surface area contributed by atoms with E-state index in [-0.39, 0.29) is 135 Å². The molecule has 16 aromatic heterocycles. The average Bonchev–Trinajstić information content (AvgIpc) is 0.860. The molecule has 0 aliphatic rings. The zero-order valence-electron chi connectivity index (χ0n) is 67.8. The molecule has 38 heteroatoms. The van der Waals surface area contributed by atoms with Crippen LogP contribution in [0.4, 0.5) is 57.1 Å². The fourth-order valence-electron chi connectivity index (χ4n) is 12.5. The van der Waals surface area contributed by atoms with Crippen molar-refractivity contribution in [3.63, 3.8) is 0 Å². The summed E-state index contributed by atoms with van der Waals surface area (Å²) < 4.78 is 176. The Morgan fingerprint density at radius 3 is 0.819 bits per heavy atom. The van der Waals surface area contributed by atoms with Crippen molar-refractivity contribution < 1.29 is 141 Å². The number of halogens is 13. The van der Waals surface area contributed by atoms with Crippen LogP contribution < -0.4 is 20.4 Å². The van der Waals surface area contributed by atoms with Gasteiger partial charge in [-0.15, -0.1) is 24.3 Å². The topological polar surface area (TPSA) is 286 Å². The molecule has 0 aromatic carbocycles. The smallest absolute Gasteiger partial charge is 0.574 e. The maximum Gasteiger partial charge on any atom is 2.00 e. The first-order valence-corrected chi connectivity index (χ1v) is 37.0. The Morgan fingerprint density at radius 2 is 0.575 bits per heavy atom. The SMILES string of the molecule is CC(C)(c1cccc(-c2[c-]cc(F)nc2F)n1)c1cccc(-c2[n-]nc(C#N)c2F)n1.CC(C)(c1cccc(-c2[c-]cc(F)nc2F)n1)c1cccc(-c2[n-]nc(C(F)(F)F)c2F)n1.Cc1cn[n-]c1-c1cccc(C(C)(C)c2cccc(-c3[c-]cc(F)nc3F)n2)n1.Cc1n[n-]c(-c2cccc(C(C)(C)c3cccc(-c4[c-]cc(F)nc4F)n3)n2)c1C.[Pt+2].[Pt+2].[Pt+2].[Pt+2]. The molecule has 0 saturated heterocycles. The van der Waals surface area contributed by atoms with E-state index >= 15 is 0 Å². The first kappa shape index (κ1) is 98.8. The molecule has 0 radical (unpaired) electrons. The molecule has 127 heavy (non-hydrogen) atoms. The van der Waals surface area contributed by atoms with E-state index in [1.54, 1.807) is 105 Å². The zero-order chi connectivity index (χ0) is 88.2. The van der Waals surface area contributed by atoms with Gasteiger partial charge in [0.2, 0.25) is 0 Å². The van der Waals surface area contributed by atoms with E-state index in [9.17, 15) is 57.1 Å². The van der Waals surface area contributed by atoms with Gasteiger partial charge in [0, 0.05) is 67.7 Å². The molecule has 0 amide bonds. The summed E-state index contributed by atoms with van der Waals surface area (Å²) in [6, 6.07) is 56.6. The summed E-state index contributed by atoms with van der Waals surface area (Å²) in [6.45, 7) is 20.9. The van der Waals surface area contributed by atoms with E-state index in [2.05, 4.69) is 115 Å². The Kier molecular flexibility index (Phi) is 31.7. The Hall–Kier alpha value is -12.0. The summed E-state index contributed by atoms with van der Waals surface area (Å²) in [5.74, 6) is -10.3. The molecule has 0 spiro atoms. The average molecular weight is 2450 g/mol. The summed E-state index contributed by atoms with van der Waals surface area (Å²) in [4.78, 5) is 49.2. The van der Waals surface area contributed by atoms with Gasteiger partial charge in [0.1, 0.15) is 65.3 Å². The largest absolute Gasteiger partial charge is 2.00 e. The van der Waals surface area contributed by atoms with Crippen molar-refractivity contribution in [2.75, 3.05) is 0 Å². The van der Waals surface area contributed by atoms with E-state index in [1.807, 2.05) is 111 Å². The zero-order valence-corrected chi connectivity index (χ0v) is 76.9. The standard InChI is InChI=1S/C23H19F2N5.C22H13F6N5.C22H13F3N6.C22H17F2N5.4Pt/c1-13-14(2)29-30-21(13)17-8-6-10-19(27-17)23(3,4)18-9-5-7-16(26-18)15-11-12-20(24)28-22(15)25;1-21(2,14-7-3-5-12(29-14)11-9-10-16(23)31-20(11)25)15-8-4-6-13(30-15)18-17(24)19(33-32-18)22(26,27)28;1-22(2,16-7-3-5-13(27-16)12-9-10-18(23)29-21(12)25)17-8-4-6-14(28-17)20-19(24)15(11-26)30-31-20;1-13-12-25-29-20(13)16-7-5-9-18(27-16)22(2,3)17-8-4-6-15(26-17)14-10-11-19(23)28-21(14)24;;;;/h5-10,12H,1-4H3;3-8,10H,1-2H3;3-8,10H,1-2H3;4-9,11-12H,1-3H3;;;;/q4*-2;4*+2. The van der Waals surface area contributed by atoms with Crippen molar-refractivity contribution in [3.8, 4) is 96.7 Å². The van der Waals surface area contributed by atoms with Gasteiger partial charge in [0.15, 0.2) is 11.4 Å². The van der Waals surface area contributed by atoms with Gasteiger partial charge in [0.25, 0.3) is 0 Å². The van der Waals surface area contributed by atoms with Gasteiger partial charge < -0.3 is 60.7 Å². The predicted molar refractivity (Wildman–Crippen MR) is 420 cm³/mol. The number of pyridine rings is 12. The van der Waals surface area contributed by atoms with Crippen LogP contribution in [0.5, 0.6) is 0 Å². The molecule has 16 aromatic rings. The van der Waals surface area contributed by atoms with Gasteiger partial charge in [-0.05, 0) is 183 Å². The van der Waals surface area contributed by atoms with Crippen LogP contribution >= 0.6 is 0 Å². The van der Waals surface area contributed by atoms with E-state index in [0.717, 1.165) is 75.2 Å². The van der Waals surface area contributed by atoms with Gasteiger partial charge in [0.05, 0.1) is 34.2 Å². The second-order valence-corrected chi connectivity index (χ2v) is 29.5. The monoisotopic (exact) mass is 2450 g/mol. The molecule has 0 saturated carbocycles. The first-order valence-electron chi connectivity index (χ1n) is 37.0. The van der Waals surface area contributed by atoms with Crippen LogP contribution in [0.25, 0.3) is 90.6 Å². The molecule has 0 aliphatic heterocycles. The number of hydrogen-bond acceptors (Lipinski definition) is 17. The van der Waals surface area contributed by atoms with Crippen molar-refractivity contribution in [2.24, 2.45) is 0 Å². The third-order valence-electron chi connectivity index (χ3n) is 19.8. The molecule has 0 bridgehead atoms. The minimum Gasteiger partial charge on any atom is -0.574 e. The molecule has 0 fully saturated rings. The summed E-state index contributed by atoms with van der Waals surface area (Å²) >= 11 is 0. The molecule has 0 aliphatic carbocycles. The van der Waals surface area contributed by atoms with Gasteiger partial charge in [-0.3, -0.25) is 39.9 Å². The molecular formula is C89H62F13N21Pt4. The van der Waals surface area contributed by atoms with Gasteiger partial charge >= 0.3 is 90.4 Å². The molecular weight excluding hydrogens is 2390 g/mol. The molecule has 21 nitrogen and oxygen atoms in total. The van der Waals surface area contributed by atoms with Crippen LogP contribution in [0.15, 0.2) is 176 Å². The molecule has 16 rings (SSSR count). The van der Waals surface area contributed by atoms with Crippen molar-refractivity contribution in [1.82, 2.24) is 101 Å². The third-order valence-corrected chi connectivity index (χ3v) is 19.8. The number of aromatic nitrogens is 20. The van der Waals surface area contributed by atoms with Crippen LogP contribution in [0.3, 0.4) is 0 Å². The Labute approximate surface area is 775 Å². The maximum absolute atomic E-state index is 14.3. The maximum atomic E-state index is 14.3. The fourth-order valence-corrected chi connectivity index (χ4v) is 12.5. The van der Waals surface area contributed by atoms with Crippen LogP contribution in [0.2, 0.25) is 0 Å². The van der Waals surface area contributed by atoms with Crippen molar-refractivity contribution >= 4 is 0 Å². The minimum atomic E-state index is -4.99. The molecule has 16 heterocycles. The van der Waals surface area contributed by atoms with E-state index in [1.165, 1.54) is 18.2 Å². The van der Waals surface area contributed by atoms with E-state index in [4.69, 9.17) is 15.2 Å². The first-order chi connectivity index (χ1) is 58.4.